The highest BCUT2D eigenvalue weighted by molar-refractivity contribution is 7.80. The van der Waals surface area contributed by atoms with Gasteiger partial charge in [-0.15, -0.1) is 0 Å². The van der Waals surface area contributed by atoms with Crippen molar-refractivity contribution < 1.29 is 14.6 Å². The van der Waals surface area contributed by atoms with Gasteiger partial charge in [0.15, 0.2) is 0 Å². The van der Waals surface area contributed by atoms with Crippen molar-refractivity contribution in [1.29, 1.82) is 0 Å². The van der Waals surface area contributed by atoms with Crippen LogP contribution in [0.1, 0.15) is 19.8 Å². The molecule has 2 unspecified atom stereocenters. The molecule has 0 aliphatic carbocycles. The highest BCUT2D eigenvalue weighted by Crippen LogP contribution is 2.15. The number of aliphatic hydroxyl groups excluding tert-OH is 1. The van der Waals surface area contributed by atoms with Crippen LogP contribution in [0, 0.1) is 5.92 Å². The summed E-state index contributed by atoms with van der Waals surface area (Å²) in [4.78, 5) is 11.7. The number of thiocarbonyl (C=S) groups is 1. The van der Waals surface area contributed by atoms with Crippen LogP contribution in [0.25, 0.3) is 0 Å². The van der Waals surface area contributed by atoms with Gasteiger partial charge in [0.1, 0.15) is 6.23 Å². The summed E-state index contributed by atoms with van der Waals surface area (Å²) in [6, 6.07) is 0. The quantitative estimate of drug-likeness (QED) is 0.354. The van der Waals surface area contributed by atoms with Crippen LogP contribution in [-0.4, -0.2) is 42.0 Å². The minimum atomic E-state index is -0.787. The van der Waals surface area contributed by atoms with Crippen molar-refractivity contribution in [3.63, 3.8) is 0 Å². The van der Waals surface area contributed by atoms with Crippen LogP contribution in [0.3, 0.4) is 0 Å². The molecule has 0 aromatic heterocycles. The number of carbonyl (C=O) groups is 1. The molecule has 0 amide bonds. The Hall–Kier alpha value is -0.720. The molecule has 0 aromatic carbocycles. The number of rotatable bonds is 5. The van der Waals surface area contributed by atoms with Crippen LogP contribution in [0.4, 0.5) is 0 Å². The summed E-state index contributed by atoms with van der Waals surface area (Å²) < 4.78 is 4.75. The van der Waals surface area contributed by atoms with Crippen molar-refractivity contribution >= 4 is 23.2 Å². The second-order valence-corrected chi connectivity index (χ2v) is 4.11. The van der Waals surface area contributed by atoms with E-state index in [9.17, 15) is 9.90 Å². The largest absolute Gasteiger partial charge is 0.465 e. The number of hydrogen-bond donors (Lipinski definition) is 3. The minimum Gasteiger partial charge on any atom is -0.465 e. The fourth-order valence-electron chi connectivity index (χ4n) is 1.64. The first-order valence-electron chi connectivity index (χ1n) is 5.50. The molecular formula is C10H18N2O3S. The second kappa shape index (κ2) is 6.78. The summed E-state index contributed by atoms with van der Waals surface area (Å²) in [6.07, 6.45) is 1.02. The van der Waals surface area contributed by atoms with Gasteiger partial charge in [-0.3, -0.25) is 10.1 Å². The van der Waals surface area contributed by atoms with Crippen molar-refractivity contribution in [2.75, 3.05) is 19.7 Å². The van der Waals surface area contributed by atoms with Gasteiger partial charge in [-0.05, 0) is 19.8 Å². The number of hydrogen-bond acceptors (Lipinski definition) is 5. The molecule has 0 saturated carbocycles. The van der Waals surface area contributed by atoms with Crippen molar-refractivity contribution in [2.24, 2.45) is 5.92 Å². The summed E-state index contributed by atoms with van der Waals surface area (Å²) in [6.45, 7) is 2.96. The Labute approximate surface area is 101 Å². The van der Waals surface area contributed by atoms with Crippen molar-refractivity contribution in [2.45, 2.75) is 26.0 Å². The van der Waals surface area contributed by atoms with Crippen LogP contribution in [-0.2, 0) is 9.53 Å². The lowest BCUT2D eigenvalue weighted by atomic mass is 9.97. The summed E-state index contributed by atoms with van der Waals surface area (Å²) >= 11 is 5.11. The third-order valence-electron chi connectivity index (χ3n) is 2.47. The van der Waals surface area contributed by atoms with Gasteiger partial charge in [0.05, 0.1) is 18.1 Å². The van der Waals surface area contributed by atoms with Crippen LogP contribution >= 0.6 is 12.2 Å². The number of piperidine rings is 1. The van der Waals surface area contributed by atoms with Gasteiger partial charge in [-0.1, -0.05) is 12.2 Å². The number of esters is 1. The fourth-order valence-corrected chi connectivity index (χ4v) is 1.99. The summed E-state index contributed by atoms with van der Waals surface area (Å²) in [5, 5.41) is 15.6. The molecule has 0 radical (unpaired) electrons. The summed E-state index contributed by atoms with van der Waals surface area (Å²) in [5.74, 6) is -0.477. The molecule has 5 nitrogen and oxygen atoms in total. The number of aliphatic hydroxyl groups is 1. The van der Waals surface area contributed by atoms with E-state index < -0.39 is 6.23 Å². The fraction of sp³-hybridized carbons (Fsp3) is 0.800. The second-order valence-electron chi connectivity index (χ2n) is 3.67. The van der Waals surface area contributed by atoms with E-state index in [-0.39, 0.29) is 18.4 Å². The first-order chi connectivity index (χ1) is 7.65. The topological polar surface area (TPSA) is 70.6 Å². The highest BCUT2D eigenvalue weighted by atomic mass is 32.1. The lowest BCUT2D eigenvalue weighted by Crippen LogP contribution is -2.48. The van der Waals surface area contributed by atoms with Crippen molar-refractivity contribution in [3.05, 3.63) is 0 Å². The van der Waals surface area contributed by atoms with E-state index in [0.29, 0.717) is 11.6 Å². The molecule has 16 heavy (non-hydrogen) atoms. The molecule has 0 aromatic rings. The SMILES string of the molecule is CCOC(=O)CNC(O)C1CCCNC1=S. The van der Waals surface area contributed by atoms with Gasteiger partial charge in [0.25, 0.3) is 0 Å². The number of ether oxygens (including phenoxy) is 1. The predicted octanol–water partition coefficient (Wildman–Crippen LogP) is -0.216. The van der Waals surface area contributed by atoms with Gasteiger partial charge in [-0.2, -0.15) is 0 Å². The third-order valence-corrected chi connectivity index (χ3v) is 2.92. The molecule has 1 saturated heterocycles. The molecule has 1 fully saturated rings. The Morgan fingerprint density at radius 1 is 1.81 bits per heavy atom. The van der Waals surface area contributed by atoms with Crippen LogP contribution in [0.5, 0.6) is 0 Å². The lowest BCUT2D eigenvalue weighted by Gasteiger charge is -2.28. The molecule has 1 heterocycles. The predicted molar refractivity (Wildman–Crippen MR) is 64.0 cm³/mol. The standard InChI is InChI=1S/C10H18N2O3S/c1-2-15-8(13)6-12-9(14)7-4-3-5-11-10(7)16/h7,9,12,14H,2-6H2,1H3,(H,11,16). The molecule has 6 heteroatoms. The van der Waals surface area contributed by atoms with Gasteiger partial charge in [0.2, 0.25) is 0 Å². The maximum Gasteiger partial charge on any atom is 0.319 e. The zero-order valence-corrected chi connectivity index (χ0v) is 10.2. The Morgan fingerprint density at radius 2 is 2.56 bits per heavy atom. The molecule has 1 aliphatic heterocycles. The molecule has 3 N–H and O–H groups in total. The van der Waals surface area contributed by atoms with Crippen LogP contribution in [0.15, 0.2) is 0 Å². The maximum absolute atomic E-state index is 11.1. The average molecular weight is 246 g/mol. The van der Waals surface area contributed by atoms with Crippen molar-refractivity contribution in [3.8, 4) is 0 Å². The zero-order valence-electron chi connectivity index (χ0n) is 9.36. The van der Waals surface area contributed by atoms with E-state index in [1.54, 1.807) is 6.92 Å². The van der Waals surface area contributed by atoms with E-state index >= 15 is 0 Å². The lowest BCUT2D eigenvalue weighted by molar-refractivity contribution is -0.142. The number of carbonyl (C=O) groups excluding carboxylic acids is 1. The Balaban J connectivity index is 2.30. The van der Waals surface area contributed by atoms with E-state index in [2.05, 4.69) is 10.6 Å². The molecule has 0 bridgehead atoms. The Kier molecular flexibility index (Phi) is 5.65. The smallest absolute Gasteiger partial charge is 0.319 e. The minimum absolute atomic E-state index is 0.00806. The first kappa shape index (κ1) is 13.3. The van der Waals surface area contributed by atoms with Crippen molar-refractivity contribution in [1.82, 2.24) is 10.6 Å². The molecular weight excluding hydrogens is 228 g/mol. The Bertz CT molecular complexity index is 260. The van der Waals surface area contributed by atoms with E-state index in [1.165, 1.54) is 0 Å². The molecule has 92 valence electrons. The maximum atomic E-state index is 11.1. The first-order valence-corrected chi connectivity index (χ1v) is 5.90. The molecule has 0 spiro atoms. The highest BCUT2D eigenvalue weighted by Gasteiger charge is 2.26. The van der Waals surface area contributed by atoms with E-state index in [4.69, 9.17) is 17.0 Å². The average Bonchev–Trinajstić information content (AvgIpc) is 2.27. The van der Waals surface area contributed by atoms with E-state index in [1.807, 2.05) is 0 Å². The zero-order chi connectivity index (χ0) is 12.0. The molecule has 1 aliphatic rings. The normalized spacial score (nSPS) is 22.4. The Morgan fingerprint density at radius 3 is 3.19 bits per heavy atom. The van der Waals surface area contributed by atoms with Gasteiger partial charge >= 0.3 is 5.97 Å². The summed E-state index contributed by atoms with van der Waals surface area (Å²) in [5.41, 5.74) is 0. The van der Waals surface area contributed by atoms with Gasteiger partial charge < -0.3 is 15.2 Å². The van der Waals surface area contributed by atoms with Crippen LogP contribution < -0.4 is 10.6 Å². The van der Waals surface area contributed by atoms with Crippen LogP contribution in [0.2, 0.25) is 0 Å². The monoisotopic (exact) mass is 246 g/mol. The molecule has 2 atom stereocenters. The molecule has 1 rings (SSSR count). The summed E-state index contributed by atoms with van der Waals surface area (Å²) in [7, 11) is 0. The number of nitrogens with one attached hydrogen (secondary N) is 2. The van der Waals surface area contributed by atoms with Gasteiger partial charge in [-0.25, -0.2) is 0 Å². The third kappa shape index (κ3) is 4.03. The van der Waals surface area contributed by atoms with E-state index in [0.717, 1.165) is 19.4 Å². The van der Waals surface area contributed by atoms with Gasteiger partial charge in [0, 0.05) is 12.5 Å².